The minimum absolute atomic E-state index is 0.130. The van der Waals surface area contributed by atoms with Crippen molar-refractivity contribution in [3.05, 3.63) is 58.4 Å². The molecule has 1 aromatic heterocycles. The summed E-state index contributed by atoms with van der Waals surface area (Å²) in [5.41, 5.74) is 3.44. The lowest BCUT2D eigenvalue weighted by atomic mass is 10.0. The number of ether oxygens (including phenoxy) is 1. The number of imidazole rings is 1. The van der Waals surface area contributed by atoms with Crippen molar-refractivity contribution in [2.24, 2.45) is 0 Å². The van der Waals surface area contributed by atoms with Gasteiger partial charge in [-0.2, -0.15) is 0 Å². The maximum atomic E-state index is 12.9. The van der Waals surface area contributed by atoms with Crippen LogP contribution in [-0.4, -0.2) is 46.0 Å². The number of carboxylic acid groups (broad SMARTS) is 1. The van der Waals surface area contributed by atoms with Crippen LogP contribution in [-0.2, 0) is 6.54 Å². The van der Waals surface area contributed by atoms with Gasteiger partial charge in [-0.25, -0.2) is 9.78 Å². The quantitative estimate of drug-likeness (QED) is 0.722. The van der Waals surface area contributed by atoms with E-state index in [1.165, 1.54) is 6.07 Å². The number of aryl methyl sites for hydroxylation is 2. The van der Waals surface area contributed by atoms with Gasteiger partial charge in [0.1, 0.15) is 17.1 Å². The van der Waals surface area contributed by atoms with Crippen molar-refractivity contribution in [2.75, 3.05) is 14.2 Å². The normalized spacial score (nSPS) is 10.8. The highest BCUT2D eigenvalue weighted by Crippen LogP contribution is 2.23. The molecule has 1 amide bonds. The Balaban J connectivity index is 1.88. The number of methoxy groups -OCH3 is 1. The van der Waals surface area contributed by atoms with E-state index in [0.717, 1.165) is 11.1 Å². The molecule has 0 spiro atoms. The summed E-state index contributed by atoms with van der Waals surface area (Å²) >= 11 is 0. The van der Waals surface area contributed by atoms with E-state index in [1.807, 2.05) is 26.0 Å². The van der Waals surface area contributed by atoms with Crippen LogP contribution in [0.2, 0.25) is 0 Å². The number of benzene rings is 2. The molecule has 140 valence electrons. The van der Waals surface area contributed by atoms with Crippen LogP contribution in [0.15, 0.2) is 30.3 Å². The number of fused-ring (bicyclic) bond motifs is 1. The standard InChI is InChI=1S/C20H21N3O4/c1-11-8-13(27-4)9-12(2)17(11)19(24)23(3)10-16-21-15-7-5-6-14(20(25)26)18(15)22-16/h5-9H,10H2,1-4H3,(H,21,22)(H,25,26). The number of nitrogens with zero attached hydrogens (tertiary/aromatic N) is 2. The monoisotopic (exact) mass is 367 g/mol. The van der Waals surface area contributed by atoms with Crippen molar-refractivity contribution < 1.29 is 19.4 Å². The average molecular weight is 367 g/mol. The second-order valence-corrected chi connectivity index (χ2v) is 6.49. The number of amides is 1. The fourth-order valence-corrected chi connectivity index (χ4v) is 3.20. The average Bonchev–Trinajstić information content (AvgIpc) is 3.02. The van der Waals surface area contributed by atoms with Gasteiger partial charge >= 0.3 is 5.97 Å². The van der Waals surface area contributed by atoms with Crippen LogP contribution in [0.1, 0.15) is 37.7 Å². The van der Waals surface area contributed by atoms with Gasteiger partial charge in [0, 0.05) is 12.6 Å². The number of aromatic nitrogens is 2. The molecular weight excluding hydrogens is 346 g/mol. The van der Waals surface area contributed by atoms with Crippen LogP contribution in [0.4, 0.5) is 0 Å². The highest BCUT2D eigenvalue weighted by Gasteiger charge is 2.20. The van der Waals surface area contributed by atoms with Gasteiger partial charge in [0.25, 0.3) is 5.91 Å². The minimum Gasteiger partial charge on any atom is -0.497 e. The first-order chi connectivity index (χ1) is 12.8. The Morgan fingerprint density at radius 3 is 2.48 bits per heavy atom. The lowest BCUT2D eigenvalue weighted by Crippen LogP contribution is -2.28. The summed E-state index contributed by atoms with van der Waals surface area (Å²) in [6.45, 7) is 3.98. The van der Waals surface area contributed by atoms with Gasteiger partial charge in [-0.3, -0.25) is 4.79 Å². The molecule has 2 N–H and O–H groups in total. The Kier molecular flexibility index (Phi) is 4.85. The largest absolute Gasteiger partial charge is 0.497 e. The zero-order valence-corrected chi connectivity index (χ0v) is 15.7. The molecule has 0 bridgehead atoms. The molecule has 0 saturated carbocycles. The molecule has 7 nitrogen and oxygen atoms in total. The molecule has 0 unspecified atom stereocenters. The van der Waals surface area contributed by atoms with Crippen molar-refractivity contribution in [3.8, 4) is 5.75 Å². The molecule has 0 saturated heterocycles. The number of carbonyl (C=O) groups excluding carboxylic acids is 1. The number of aromatic amines is 1. The molecule has 0 aliphatic carbocycles. The van der Waals surface area contributed by atoms with Gasteiger partial charge in [0.2, 0.25) is 0 Å². The summed E-state index contributed by atoms with van der Waals surface area (Å²) in [4.78, 5) is 33.3. The molecule has 0 aliphatic rings. The Morgan fingerprint density at radius 2 is 1.89 bits per heavy atom. The number of hydrogen-bond acceptors (Lipinski definition) is 4. The zero-order chi connectivity index (χ0) is 19.7. The maximum absolute atomic E-state index is 12.9. The van der Waals surface area contributed by atoms with Crippen LogP contribution in [0, 0.1) is 13.8 Å². The third-order valence-electron chi connectivity index (χ3n) is 4.48. The molecule has 0 atom stereocenters. The van der Waals surface area contributed by atoms with Gasteiger partial charge in [-0.1, -0.05) is 6.07 Å². The summed E-state index contributed by atoms with van der Waals surface area (Å²) in [6, 6.07) is 8.58. The molecular formula is C20H21N3O4. The molecule has 7 heteroatoms. The number of para-hydroxylation sites is 1. The van der Waals surface area contributed by atoms with Gasteiger partial charge in [-0.05, 0) is 49.2 Å². The summed E-state index contributed by atoms with van der Waals surface area (Å²) in [5.74, 6) is 0.0696. The predicted octanol–water partition coefficient (Wildman–Crippen LogP) is 3.16. The molecule has 0 aliphatic heterocycles. The number of carbonyl (C=O) groups is 2. The summed E-state index contributed by atoms with van der Waals surface area (Å²) in [7, 11) is 3.28. The number of rotatable bonds is 5. The second kappa shape index (κ2) is 7.11. The second-order valence-electron chi connectivity index (χ2n) is 6.49. The van der Waals surface area contributed by atoms with Crippen molar-refractivity contribution in [2.45, 2.75) is 20.4 Å². The predicted molar refractivity (Wildman–Crippen MR) is 101 cm³/mol. The number of carboxylic acids is 1. The Hall–Kier alpha value is -3.35. The van der Waals surface area contributed by atoms with E-state index < -0.39 is 5.97 Å². The van der Waals surface area contributed by atoms with E-state index in [9.17, 15) is 14.7 Å². The molecule has 3 aromatic rings. The van der Waals surface area contributed by atoms with Crippen molar-refractivity contribution in [1.29, 1.82) is 0 Å². The van der Waals surface area contributed by atoms with Gasteiger partial charge in [0.15, 0.2) is 0 Å². The molecule has 1 heterocycles. The third kappa shape index (κ3) is 3.48. The zero-order valence-electron chi connectivity index (χ0n) is 15.7. The van der Waals surface area contributed by atoms with Crippen molar-refractivity contribution >= 4 is 22.9 Å². The topological polar surface area (TPSA) is 95.5 Å². The first kappa shape index (κ1) is 18.4. The van der Waals surface area contributed by atoms with Crippen LogP contribution >= 0.6 is 0 Å². The van der Waals surface area contributed by atoms with E-state index in [2.05, 4.69) is 9.97 Å². The van der Waals surface area contributed by atoms with E-state index in [0.29, 0.717) is 28.2 Å². The summed E-state index contributed by atoms with van der Waals surface area (Å²) in [6.07, 6.45) is 0. The lowest BCUT2D eigenvalue weighted by Gasteiger charge is -2.19. The van der Waals surface area contributed by atoms with Crippen LogP contribution in [0.25, 0.3) is 11.0 Å². The molecule has 3 rings (SSSR count). The van der Waals surface area contributed by atoms with E-state index in [-0.39, 0.29) is 18.0 Å². The first-order valence-corrected chi connectivity index (χ1v) is 8.43. The van der Waals surface area contributed by atoms with Crippen molar-refractivity contribution in [3.63, 3.8) is 0 Å². The Bertz CT molecular complexity index is 1020. The Morgan fingerprint density at radius 1 is 1.22 bits per heavy atom. The number of aromatic carboxylic acids is 1. The highest BCUT2D eigenvalue weighted by atomic mass is 16.5. The fraction of sp³-hybridized carbons (Fsp3) is 0.250. The van der Waals surface area contributed by atoms with Gasteiger partial charge in [-0.15, -0.1) is 0 Å². The first-order valence-electron chi connectivity index (χ1n) is 8.43. The van der Waals surface area contributed by atoms with E-state index in [4.69, 9.17) is 4.74 Å². The highest BCUT2D eigenvalue weighted by molar-refractivity contribution is 6.01. The molecule has 0 fully saturated rings. The summed E-state index contributed by atoms with van der Waals surface area (Å²) < 4.78 is 5.24. The third-order valence-corrected chi connectivity index (χ3v) is 4.48. The Labute approximate surface area is 156 Å². The van der Waals surface area contributed by atoms with E-state index >= 15 is 0 Å². The number of H-pyrrole nitrogens is 1. The minimum atomic E-state index is -1.03. The number of nitrogens with one attached hydrogen (secondary N) is 1. The molecule has 0 radical (unpaired) electrons. The molecule has 2 aromatic carbocycles. The fourth-order valence-electron chi connectivity index (χ4n) is 3.20. The van der Waals surface area contributed by atoms with Gasteiger partial charge in [0.05, 0.1) is 24.7 Å². The van der Waals surface area contributed by atoms with Crippen molar-refractivity contribution in [1.82, 2.24) is 14.9 Å². The molecule has 27 heavy (non-hydrogen) atoms. The smallest absolute Gasteiger partial charge is 0.337 e. The van der Waals surface area contributed by atoms with E-state index in [1.54, 1.807) is 31.2 Å². The summed E-state index contributed by atoms with van der Waals surface area (Å²) in [5, 5.41) is 9.29. The van der Waals surface area contributed by atoms with Crippen LogP contribution in [0.5, 0.6) is 5.75 Å². The van der Waals surface area contributed by atoms with Crippen LogP contribution in [0.3, 0.4) is 0 Å². The van der Waals surface area contributed by atoms with Crippen LogP contribution < -0.4 is 4.74 Å². The maximum Gasteiger partial charge on any atom is 0.337 e. The number of hydrogen-bond donors (Lipinski definition) is 2. The lowest BCUT2D eigenvalue weighted by molar-refractivity contribution is 0.0697. The van der Waals surface area contributed by atoms with Gasteiger partial charge < -0.3 is 19.7 Å². The SMILES string of the molecule is COc1cc(C)c(C(=O)N(C)Cc2nc3c(C(=O)O)cccc3[nH]2)c(C)c1.